The second-order valence-electron chi connectivity index (χ2n) is 6.59. The lowest BCUT2D eigenvalue weighted by molar-refractivity contribution is -0.131. The lowest BCUT2D eigenvalue weighted by atomic mass is 10.1. The summed E-state index contributed by atoms with van der Waals surface area (Å²) < 4.78 is 0. The van der Waals surface area contributed by atoms with Gasteiger partial charge in [0, 0.05) is 10.9 Å². The van der Waals surface area contributed by atoms with Crippen LogP contribution in [-0.4, -0.2) is 29.1 Å². The van der Waals surface area contributed by atoms with E-state index in [1.807, 2.05) is 0 Å². The first-order valence-corrected chi connectivity index (χ1v) is 8.97. The molecular weight excluding hydrogens is 280 g/mol. The number of amides is 1. The summed E-state index contributed by atoms with van der Waals surface area (Å²) >= 11 is 1.74. The van der Waals surface area contributed by atoms with E-state index in [1.165, 1.54) is 10.5 Å². The monoisotopic (exact) mass is 304 g/mol. The molecule has 1 heterocycles. The third-order valence-corrected chi connectivity index (χ3v) is 5.40. The Morgan fingerprint density at radius 3 is 2.38 bits per heavy atom. The van der Waals surface area contributed by atoms with Crippen LogP contribution in [0.2, 0.25) is 0 Å². The molecule has 0 radical (unpaired) electrons. The molecule has 1 aromatic rings. The molecule has 1 N–H and O–H groups in total. The Morgan fingerprint density at radius 2 is 1.90 bits per heavy atom. The number of nitrogens with zero attached hydrogens (tertiary/aromatic N) is 1. The third-order valence-electron chi connectivity index (χ3n) is 4.66. The topological polar surface area (TPSA) is 32.3 Å². The average Bonchev–Trinajstić information content (AvgIpc) is 3.08. The zero-order valence-corrected chi connectivity index (χ0v) is 14.0. The van der Waals surface area contributed by atoms with Gasteiger partial charge in [0.25, 0.3) is 0 Å². The lowest BCUT2D eigenvalue weighted by Gasteiger charge is -2.25. The van der Waals surface area contributed by atoms with Gasteiger partial charge in [-0.1, -0.05) is 32.9 Å². The molecule has 1 aliphatic heterocycles. The van der Waals surface area contributed by atoms with Crippen LogP contribution in [0.5, 0.6) is 0 Å². The van der Waals surface area contributed by atoms with E-state index in [1.54, 1.807) is 11.8 Å². The zero-order valence-electron chi connectivity index (χ0n) is 13.2. The minimum Gasteiger partial charge on any atom is -0.318 e. The summed E-state index contributed by atoms with van der Waals surface area (Å²) in [5.41, 5.74) is 1.20. The molecule has 1 aromatic carbocycles. The van der Waals surface area contributed by atoms with Crippen LogP contribution >= 0.6 is 11.8 Å². The highest BCUT2D eigenvalue weighted by molar-refractivity contribution is 7.98. The second kappa shape index (κ2) is 5.65. The molecule has 1 saturated heterocycles. The van der Waals surface area contributed by atoms with Crippen molar-refractivity contribution in [3.63, 3.8) is 0 Å². The zero-order chi connectivity index (χ0) is 15.1. The molecule has 1 amide bonds. The highest BCUT2D eigenvalue weighted by Gasteiger charge is 2.50. The van der Waals surface area contributed by atoms with E-state index in [9.17, 15) is 4.79 Å². The van der Waals surface area contributed by atoms with Crippen LogP contribution in [0, 0.1) is 11.8 Å². The molecule has 3 nitrogen and oxygen atoms in total. The number of carbonyl (C=O) groups excluding carboxylic acids is 1. The lowest BCUT2D eigenvalue weighted by Crippen LogP contribution is -2.35. The van der Waals surface area contributed by atoms with Gasteiger partial charge in [0.1, 0.15) is 6.17 Å². The first-order valence-electron chi connectivity index (χ1n) is 7.75. The van der Waals surface area contributed by atoms with Crippen LogP contribution < -0.4 is 5.32 Å². The van der Waals surface area contributed by atoms with Gasteiger partial charge in [-0.25, -0.2) is 0 Å². The van der Waals surface area contributed by atoms with Gasteiger partial charge in [-0.15, -0.1) is 11.8 Å². The number of thioether (sulfide) groups is 1. The first-order chi connectivity index (χ1) is 10.0. The molecule has 1 aliphatic carbocycles. The Balaban J connectivity index is 1.88. The van der Waals surface area contributed by atoms with Crippen molar-refractivity contribution in [2.24, 2.45) is 11.8 Å². The molecule has 21 heavy (non-hydrogen) atoms. The molecule has 4 unspecified atom stereocenters. The maximum absolute atomic E-state index is 12.7. The number of benzene rings is 1. The van der Waals surface area contributed by atoms with Crippen LogP contribution in [0.4, 0.5) is 0 Å². The summed E-state index contributed by atoms with van der Waals surface area (Å²) in [6.07, 6.45) is 3.26. The Bertz CT molecular complexity index is 528. The Labute approximate surface area is 131 Å². The molecule has 114 valence electrons. The van der Waals surface area contributed by atoms with Gasteiger partial charge in [0.2, 0.25) is 5.91 Å². The van der Waals surface area contributed by atoms with Crippen LogP contribution in [-0.2, 0) is 4.79 Å². The minimum atomic E-state index is -0.0528. The summed E-state index contributed by atoms with van der Waals surface area (Å²) in [5, 5.41) is 3.56. The van der Waals surface area contributed by atoms with Crippen molar-refractivity contribution < 1.29 is 4.79 Å². The molecular formula is C17H24N2OS. The molecule has 1 saturated carbocycles. The van der Waals surface area contributed by atoms with E-state index in [0.29, 0.717) is 17.9 Å². The predicted octanol–water partition coefficient (Wildman–Crippen LogP) is 3.27. The highest BCUT2D eigenvalue weighted by Crippen LogP contribution is 2.42. The van der Waals surface area contributed by atoms with Crippen LogP contribution in [0.15, 0.2) is 29.2 Å². The molecule has 2 fully saturated rings. The van der Waals surface area contributed by atoms with E-state index in [-0.39, 0.29) is 18.1 Å². The van der Waals surface area contributed by atoms with Crippen molar-refractivity contribution in [3.05, 3.63) is 29.8 Å². The fourth-order valence-corrected chi connectivity index (χ4v) is 3.58. The Morgan fingerprint density at radius 1 is 1.29 bits per heavy atom. The summed E-state index contributed by atoms with van der Waals surface area (Å²) in [6, 6.07) is 8.95. The molecule has 4 heteroatoms. The summed E-state index contributed by atoms with van der Waals surface area (Å²) in [7, 11) is 0. The molecule has 0 spiro atoms. The number of hydrogen-bond acceptors (Lipinski definition) is 3. The largest absolute Gasteiger partial charge is 0.318 e. The SMILES string of the molecule is CSc1ccc(C2NC(C(C)C)C(=O)N2C2CC2C)cc1. The van der Waals surface area contributed by atoms with E-state index < -0.39 is 0 Å². The molecule has 0 aromatic heterocycles. The van der Waals surface area contributed by atoms with Crippen LogP contribution in [0.1, 0.15) is 38.9 Å². The molecule has 3 rings (SSSR count). The van der Waals surface area contributed by atoms with Gasteiger partial charge >= 0.3 is 0 Å². The van der Waals surface area contributed by atoms with Crippen molar-refractivity contribution in [2.75, 3.05) is 6.26 Å². The molecule has 2 aliphatic rings. The second-order valence-corrected chi connectivity index (χ2v) is 7.47. The third kappa shape index (κ3) is 2.71. The molecule has 4 atom stereocenters. The number of rotatable bonds is 4. The summed E-state index contributed by atoms with van der Waals surface area (Å²) in [6.45, 7) is 6.46. The van der Waals surface area contributed by atoms with Gasteiger partial charge in [-0.2, -0.15) is 0 Å². The Hall–Kier alpha value is -1.00. The standard InChI is InChI=1S/C17H24N2OS/c1-10(2)15-17(20)19(14-9-11(14)3)16(18-15)12-5-7-13(21-4)8-6-12/h5-8,10-11,14-16,18H,9H2,1-4H3. The fourth-order valence-electron chi connectivity index (χ4n) is 3.18. The Kier molecular flexibility index (Phi) is 4.02. The van der Waals surface area contributed by atoms with Crippen molar-refractivity contribution in [1.29, 1.82) is 0 Å². The highest BCUT2D eigenvalue weighted by atomic mass is 32.2. The van der Waals surface area contributed by atoms with Crippen LogP contribution in [0.25, 0.3) is 0 Å². The van der Waals surface area contributed by atoms with Gasteiger partial charge in [-0.3, -0.25) is 10.1 Å². The van der Waals surface area contributed by atoms with E-state index in [0.717, 1.165) is 6.42 Å². The maximum Gasteiger partial charge on any atom is 0.241 e. The summed E-state index contributed by atoms with van der Waals surface area (Å²) in [5.74, 6) is 1.23. The van der Waals surface area contributed by atoms with Gasteiger partial charge < -0.3 is 4.90 Å². The quantitative estimate of drug-likeness (QED) is 0.867. The first kappa shape index (κ1) is 14.9. The minimum absolute atomic E-state index is 0.0377. The normalized spacial score (nSPS) is 32.0. The maximum atomic E-state index is 12.7. The van der Waals surface area contributed by atoms with Gasteiger partial charge in [0.05, 0.1) is 6.04 Å². The van der Waals surface area contributed by atoms with Crippen LogP contribution in [0.3, 0.4) is 0 Å². The predicted molar refractivity (Wildman–Crippen MR) is 87.1 cm³/mol. The van der Waals surface area contributed by atoms with Gasteiger partial charge in [-0.05, 0) is 42.2 Å². The van der Waals surface area contributed by atoms with Crippen molar-refractivity contribution in [1.82, 2.24) is 10.2 Å². The van der Waals surface area contributed by atoms with Gasteiger partial charge in [0.15, 0.2) is 0 Å². The number of hydrogen-bond donors (Lipinski definition) is 1. The number of nitrogens with one attached hydrogen (secondary N) is 1. The van der Waals surface area contributed by atoms with E-state index in [4.69, 9.17) is 0 Å². The van der Waals surface area contributed by atoms with Crippen molar-refractivity contribution in [2.45, 2.75) is 50.3 Å². The van der Waals surface area contributed by atoms with E-state index in [2.05, 4.69) is 61.5 Å². The smallest absolute Gasteiger partial charge is 0.241 e. The molecule has 0 bridgehead atoms. The number of carbonyl (C=O) groups is 1. The van der Waals surface area contributed by atoms with Crippen molar-refractivity contribution >= 4 is 17.7 Å². The van der Waals surface area contributed by atoms with Crippen molar-refractivity contribution in [3.8, 4) is 0 Å². The average molecular weight is 304 g/mol. The summed E-state index contributed by atoms with van der Waals surface area (Å²) in [4.78, 5) is 16.1. The fraction of sp³-hybridized carbons (Fsp3) is 0.588. The van der Waals surface area contributed by atoms with E-state index >= 15 is 0 Å².